The van der Waals surface area contributed by atoms with E-state index < -0.39 is 5.54 Å². The summed E-state index contributed by atoms with van der Waals surface area (Å²) in [6.07, 6.45) is 5.78. The topological polar surface area (TPSA) is 47.2 Å². The van der Waals surface area contributed by atoms with Crippen molar-refractivity contribution in [3.05, 3.63) is 28.4 Å². The fourth-order valence-electron chi connectivity index (χ4n) is 3.14. The molecule has 1 aliphatic rings. The van der Waals surface area contributed by atoms with Crippen LogP contribution < -0.4 is 0 Å². The first-order valence-corrected chi connectivity index (χ1v) is 7.18. The Bertz CT molecular complexity index is 679. The van der Waals surface area contributed by atoms with Crippen LogP contribution in [0.4, 0.5) is 0 Å². The average Bonchev–Trinajstić information content (AvgIpc) is 2.97. The monoisotopic (exact) mass is 319 g/mol. The minimum absolute atomic E-state index is 0.410. The van der Waals surface area contributed by atoms with Crippen molar-refractivity contribution < 1.29 is 4.79 Å². The van der Waals surface area contributed by atoms with Gasteiger partial charge in [-0.25, -0.2) is 4.79 Å². The molecule has 0 atom stereocenters. The van der Waals surface area contributed by atoms with Crippen LogP contribution in [0.15, 0.2) is 27.8 Å². The summed E-state index contributed by atoms with van der Waals surface area (Å²) in [5.41, 5.74) is 1.73. The molecular formula is C14H14BrN3O. The van der Waals surface area contributed by atoms with Gasteiger partial charge in [0.15, 0.2) is 0 Å². The van der Waals surface area contributed by atoms with Gasteiger partial charge in [-0.2, -0.15) is 10.1 Å². The van der Waals surface area contributed by atoms with Crippen LogP contribution in [0.5, 0.6) is 0 Å². The minimum Gasteiger partial charge on any atom is -0.267 e. The van der Waals surface area contributed by atoms with Crippen molar-refractivity contribution in [1.29, 1.82) is 0 Å². The molecule has 0 unspecified atom stereocenters. The molecule has 0 saturated heterocycles. The van der Waals surface area contributed by atoms with Gasteiger partial charge in [-0.1, -0.05) is 25.0 Å². The van der Waals surface area contributed by atoms with Crippen molar-refractivity contribution in [2.24, 2.45) is 12.0 Å². The quantitative estimate of drug-likeness (QED) is 0.628. The van der Waals surface area contributed by atoms with E-state index in [1.165, 1.54) is 0 Å². The summed E-state index contributed by atoms with van der Waals surface area (Å²) in [5, 5.41) is 5.47. The largest absolute Gasteiger partial charge is 0.267 e. The molecule has 1 saturated carbocycles. The third-order valence-electron chi connectivity index (χ3n) is 4.03. The minimum atomic E-state index is -0.410. The molecule has 3 rings (SSSR count). The number of rotatable bonds is 2. The Morgan fingerprint density at radius 3 is 2.84 bits per heavy atom. The van der Waals surface area contributed by atoms with Gasteiger partial charge in [-0.3, -0.25) is 4.68 Å². The summed E-state index contributed by atoms with van der Waals surface area (Å²) < 4.78 is 2.66. The molecule has 0 N–H and O–H groups in total. The van der Waals surface area contributed by atoms with E-state index in [0.717, 1.165) is 46.8 Å². The standard InChI is InChI=1S/C14H14BrN3O/c1-18-11-6-4-5-10(12(11)13(15)17-18)14(16-9-19)7-2-3-8-14/h4-6H,2-3,7-8H2,1H3. The Morgan fingerprint density at radius 2 is 2.16 bits per heavy atom. The van der Waals surface area contributed by atoms with Gasteiger partial charge in [0.1, 0.15) is 4.60 Å². The van der Waals surface area contributed by atoms with E-state index in [9.17, 15) is 4.79 Å². The molecule has 0 radical (unpaired) electrons. The summed E-state index contributed by atoms with van der Waals surface area (Å²) in [4.78, 5) is 15.0. The van der Waals surface area contributed by atoms with Gasteiger partial charge in [0, 0.05) is 12.4 Å². The van der Waals surface area contributed by atoms with Crippen molar-refractivity contribution in [2.75, 3.05) is 0 Å². The van der Waals surface area contributed by atoms with E-state index >= 15 is 0 Å². The molecule has 0 amide bonds. The molecule has 0 bridgehead atoms. The summed E-state index contributed by atoms with van der Waals surface area (Å²) in [6, 6.07) is 6.09. The van der Waals surface area contributed by atoms with Gasteiger partial charge >= 0.3 is 0 Å². The highest BCUT2D eigenvalue weighted by Gasteiger charge is 2.37. The predicted octanol–water partition coefficient (Wildman–Crippen LogP) is 3.44. The number of isocyanates is 1. The SMILES string of the molecule is Cn1nc(Br)c2c(C3(N=C=O)CCCC3)cccc21. The van der Waals surface area contributed by atoms with Gasteiger partial charge in [-0.15, -0.1) is 0 Å². The average molecular weight is 320 g/mol. The van der Waals surface area contributed by atoms with E-state index in [2.05, 4.69) is 32.1 Å². The molecule has 4 nitrogen and oxygen atoms in total. The fourth-order valence-corrected chi connectivity index (χ4v) is 3.79. The first-order valence-electron chi connectivity index (χ1n) is 6.39. The number of hydrogen-bond donors (Lipinski definition) is 0. The lowest BCUT2D eigenvalue weighted by molar-refractivity contribution is 0.459. The van der Waals surface area contributed by atoms with Crippen LogP contribution in [0.2, 0.25) is 0 Å². The molecule has 19 heavy (non-hydrogen) atoms. The van der Waals surface area contributed by atoms with E-state index in [1.807, 2.05) is 23.9 Å². The maximum absolute atomic E-state index is 10.8. The van der Waals surface area contributed by atoms with Crippen LogP contribution in [0, 0.1) is 0 Å². The normalized spacial score (nSPS) is 17.6. The maximum atomic E-state index is 10.8. The number of aliphatic imine (C=N–C) groups is 1. The van der Waals surface area contributed by atoms with Crippen LogP contribution in [0.3, 0.4) is 0 Å². The maximum Gasteiger partial charge on any atom is 0.235 e. The van der Waals surface area contributed by atoms with Crippen LogP contribution in [-0.2, 0) is 17.4 Å². The fraction of sp³-hybridized carbons (Fsp3) is 0.429. The van der Waals surface area contributed by atoms with Crippen LogP contribution in [0.1, 0.15) is 31.2 Å². The zero-order valence-electron chi connectivity index (χ0n) is 10.7. The summed E-state index contributed by atoms with van der Waals surface area (Å²) in [6.45, 7) is 0. The third-order valence-corrected chi connectivity index (χ3v) is 4.58. The van der Waals surface area contributed by atoms with Gasteiger partial charge in [0.25, 0.3) is 0 Å². The summed E-state index contributed by atoms with van der Waals surface area (Å²) >= 11 is 3.52. The molecule has 5 heteroatoms. The Kier molecular flexibility index (Phi) is 3.03. The Hall–Kier alpha value is -1.45. The Labute approximate surface area is 119 Å². The van der Waals surface area contributed by atoms with Crippen molar-refractivity contribution in [3.8, 4) is 0 Å². The van der Waals surface area contributed by atoms with Crippen LogP contribution in [0.25, 0.3) is 10.9 Å². The van der Waals surface area contributed by atoms with Gasteiger partial charge in [-0.05, 0) is 40.4 Å². The molecule has 0 aliphatic heterocycles. The second kappa shape index (κ2) is 4.58. The van der Waals surface area contributed by atoms with Crippen LogP contribution in [-0.4, -0.2) is 15.9 Å². The van der Waals surface area contributed by atoms with E-state index in [1.54, 1.807) is 6.08 Å². The van der Waals surface area contributed by atoms with Gasteiger partial charge in [0.2, 0.25) is 6.08 Å². The number of fused-ring (bicyclic) bond motifs is 1. The van der Waals surface area contributed by atoms with Gasteiger partial charge < -0.3 is 0 Å². The number of nitrogens with zero attached hydrogens (tertiary/aromatic N) is 3. The van der Waals surface area contributed by atoms with Crippen LogP contribution >= 0.6 is 15.9 Å². The first-order chi connectivity index (χ1) is 9.18. The Balaban J connectivity index is 2.32. The highest BCUT2D eigenvalue weighted by molar-refractivity contribution is 9.10. The van der Waals surface area contributed by atoms with E-state index in [-0.39, 0.29) is 0 Å². The molecular weight excluding hydrogens is 306 g/mol. The molecule has 0 spiro atoms. The van der Waals surface area contributed by atoms with Crippen molar-refractivity contribution in [3.63, 3.8) is 0 Å². The molecule has 98 valence electrons. The zero-order chi connectivity index (χ0) is 13.5. The molecule has 2 aromatic rings. The lowest BCUT2D eigenvalue weighted by Crippen LogP contribution is -2.19. The second-order valence-corrected chi connectivity index (χ2v) is 5.81. The number of halogens is 1. The lowest BCUT2D eigenvalue weighted by atomic mass is 9.87. The number of carbonyl (C=O) groups excluding carboxylic acids is 1. The molecule has 1 aliphatic carbocycles. The summed E-state index contributed by atoms with van der Waals surface area (Å²) in [7, 11) is 1.92. The van der Waals surface area contributed by atoms with E-state index in [4.69, 9.17) is 0 Å². The molecule has 1 heterocycles. The van der Waals surface area contributed by atoms with Crippen molar-refractivity contribution >= 4 is 32.9 Å². The van der Waals surface area contributed by atoms with E-state index in [0.29, 0.717) is 0 Å². The Morgan fingerprint density at radius 1 is 1.42 bits per heavy atom. The number of aromatic nitrogens is 2. The highest BCUT2D eigenvalue weighted by Crippen LogP contribution is 2.45. The molecule has 1 aromatic heterocycles. The third kappa shape index (κ3) is 1.85. The zero-order valence-corrected chi connectivity index (χ0v) is 12.3. The predicted molar refractivity (Wildman–Crippen MR) is 76.7 cm³/mol. The number of hydrogen-bond acceptors (Lipinski definition) is 3. The van der Waals surface area contributed by atoms with Gasteiger partial charge in [0.05, 0.1) is 11.1 Å². The number of aryl methyl sites for hydroxylation is 1. The van der Waals surface area contributed by atoms with Crippen molar-refractivity contribution in [1.82, 2.24) is 9.78 Å². The van der Waals surface area contributed by atoms with Crippen molar-refractivity contribution in [2.45, 2.75) is 31.2 Å². The molecule has 1 aromatic carbocycles. The first kappa shape index (κ1) is 12.6. The molecule has 1 fully saturated rings. The highest BCUT2D eigenvalue weighted by atomic mass is 79.9. The summed E-state index contributed by atoms with van der Waals surface area (Å²) in [5.74, 6) is 0. The second-order valence-electron chi connectivity index (χ2n) is 5.06. The lowest BCUT2D eigenvalue weighted by Gasteiger charge is -2.23. The number of benzene rings is 1. The smallest absolute Gasteiger partial charge is 0.235 e.